The van der Waals surface area contributed by atoms with Crippen LogP contribution in [0.25, 0.3) is 0 Å². The van der Waals surface area contributed by atoms with E-state index in [2.05, 4.69) is 6.92 Å². The summed E-state index contributed by atoms with van der Waals surface area (Å²) < 4.78 is 12.6. The van der Waals surface area contributed by atoms with E-state index < -0.39 is 0 Å². The third kappa shape index (κ3) is 1.46. The van der Waals surface area contributed by atoms with Gasteiger partial charge in [-0.25, -0.2) is 4.39 Å². The minimum absolute atomic E-state index is 0.0160. The predicted octanol–water partition coefficient (Wildman–Crippen LogP) is 2.42. The van der Waals surface area contributed by atoms with E-state index in [1.807, 2.05) is 12.1 Å². The van der Waals surface area contributed by atoms with E-state index in [0.29, 0.717) is 5.92 Å². The first-order chi connectivity index (χ1) is 6.15. The molecule has 1 fully saturated rings. The van der Waals surface area contributed by atoms with E-state index in [-0.39, 0.29) is 11.4 Å². The lowest BCUT2D eigenvalue weighted by molar-refractivity contribution is 0.618. The monoisotopic (exact) mass is 179 g/mol. The lowest BCUT2D eigenvalue weighted by Crippen LogP contribution is -2.22. The molecule has 0 radical (unpaired) electrons. The number of rotatable bonds is 2. The van der Waals surface area contributed by atoms with Gasteiger partial charge < -0.3 is 5.73 Å². The number of halogens is 1. The zero-order chi connectivity index (χ0) is 9.47. The molecular formula is C11H14FN. The van der Waals surface area contributed by atoms with Crippen LogP contribution in [-0.4, -0.2) is 5.54 Å². The van der Waals surface area contributed by atoms with Crippen LogP contribution in [0.1, 0.15) is 31.2 Å². The van der Waals surface area contributed by atoms with Gasteiger partial charge >= 0.3 is 0 Å². The van der Waals surface area contributed by atoms with Crippen molar-refractivity contribution in [1.82, 2.24) is 0 Å². The van der Waals surface area contributed by atoms with Crippen LogP contribution in [0.5, 0.6) is 0 Å². The smallest absolute Gasteiger partial charge is 0.123 e. The highest BCUT2D eigenvalue weighted by Crippen LogP contribution is 2.51. The molecule has 2 atom stereocenters. The largest absolute Gasteiger partial charge is 0.325 e. The minimum Gasteiger partial charge on any atom is -0.325 e. The summed E-state index contributed by atoms with van der Waals surface area (Å²) in [4.78, 5) is 0. The summed E-state index contributed by atoms with van der Waals surface area (Å²) in [5.74, 6) is 0.265. The van der Waals surface area contributed by atoms with Crippen molar-refractivity contribution in [2.45, 2.75) is 31.2 Å². The Morgan fingerprint density at radius 1 is 1.46 bits per heavy atom. The van der Waals surface area contributed by atoms with E-state index in [0.717, 1.165) is 12.8 Å². The van der Waals surface area contributed by atoms with Crippen LogP contribution in [0.3, 0.4) is 0 Å². The summed E-state index contributed by atoms with van der Waals surface area (Å²) in [6.45, 7) is 2.10. The Morgan fingerprint density at radius 2 is 2.08 bits per heavy atom. The van der Waals surface area contributed by atoms with Crippen molar-refractivity contribution < 1.29 is 4.39 Å². The zero-order valence-corrected chi connectivity index (χ0v) is 7.76. The van der Waals surface area contributed by atoms with Crippen molar-refractivity contribution in [3.05, 3.63) is 35.6 Å². The van der Waals surface area contributed by atoms with Crippen LogP contribution in [0.15, 0.2) is 24.3 Å². The fraction of sp³-hybridized carbons (Fsp3) is 0.455. The third-order valence-electron chi connectivity index (χ3n) is 3.05. The van der Waals surface area contributed by atoms with E-state index in [1.54, 1.807) is 0 Å². The van der Waals surface area contributed by atoms with Crippen molar-refractivity contribution in [3.8, 4) is 0 Å². The molecule has 0 bridgehead atoms. The van der Waals surface area contributed by atoms with Crippen LogP contribution in [0.4, 0.5) is 4.39 Å². The van der Waals surface area contributed by atoms with Crippen molar-refractivity contribution in [1.29, 1.82) is 0 Å². The normalized spacial score (nSPS) is 31.8. The summed E-state index contributed by atoms with van der Waals surface area (Å²) in [6, 6.07) is 6.68. The lowest BCUT2D eigenvalue weighted by atomic mass is 10.1. The lowest BCUT2D eigenvalue weighted by Gasteiger charge is -2.07. The molecule has 0 spiro atoms. The summed E-state index contributed by atoms with van der Waals surface area (Å²) in [6.07, 6.45) is 2.03. The Labute approximate surface area is 77.8 Å². The molecule has 0 aromatic heterocycles. The van der Waals surface area contributed by atoms with Crippen LogP contribution in [0.2, 0.25) is 0 Å². The average molecular weight is 179 g/mol. The maximum Gasteiger partial charge on any atom is 0.123 e. The second-order valence-corrected chi connectivity index (χ2v) is 3.89. The molecule has 0 heterocycles. The van der Waals surface area contributed by atoms with Gasteiger partial charge in [0.2, 0.25) is 0 Å². The summed E-state index contributed by atoms with van der Waals surface area (Å²) in [5.41, 5.74) is 7.22. The summed E-state index contributed by atoms with van der Waals surface area (Å²) in [5, 5.41) is 0. The van der Waals surface area contributed by atoms with Crippen molar-refractivity contribution in [2.24, 2.45) is 5.73 Å². The second kappa shape index (κ2) is 2.81. The van der Waals surface area contributed by atoms with Gasteiger partial charge in [0.15, 0.2) is 0 Å². The molecule has 1 nitrogen and oxygen atoms in total. The fourth-order valence-electron chi connectivity index (χ4n) is 1.86. The first-order valence-electron chi connectivity index (χ1n) is 4.70. The molecule has 70 valence electrons. The van der Waals surface area contributed by atoms with E-state index in [4.69, 9.17) is 5.73 Å². The van der Waals surface area contributed by atoms with E-state index >= 15 is 0 Å². The molecule has 1 aliphatic carbocycles. The van der Waals surface area contributed by atoms with Gasteiger partial charge in [-0.15, -0.1) is 0 Å². The van der Waals surface area contributed by atoms with Crippen LogP contribution >= 0.6 is 0 Å². The van der Waals surface area contributed by atoms with Gasteiger partial charge in [0.25, 0.3) is 0 Å². The molecule has 1 saturated carbocycles. The Hall–Kier alpha value is -0.890. The first kappa shape index (κ1) is 8.70. The molecule has 2 N–H and O–H groups in total. The van der Waals surface area contributed by atoms with E-state index in [1.165, 1.54) is 17.7 Å². The molecule has 1 aliphatic rings. The number of hydrogen-bond acceptors (Lipinski definition) is 1. The predicted molar refractivity (Wildman–Crippen MR) is 51.0 cm³/mol. The number of benzene rings is 1. The highest BCUT2D eigenvalue weighted by Gasteiger charge is 2.49. The molecule has 0 amide bonds. The van der Waals surface area contributed by atoms with E-state index in [9.17, 15) is 4.39 Å². The molecule has 2 heteroatoms. The molecule has 0 saturated heterocycles. The average Bonchev–Trinajstić information content (AvgIpc) is 2.81. The Kier molecular flexibility index (Phi) is 1.88. The molecule has 1 aromatic rings. The van der Waals surface area contributed by atoms with Crippen molar-refractivity contribution >= 4 is 0 Å². The van der Waals surface area contributed by atoms with Gasteiger partial charge in [-0.3, -0.25) is 0 Å². The quantitative estimate of drug-likeness (QED) is 0.741. The van der Waals surface area contributed by atoms with Gasteiger partial charge in [-0.2, -0.15) is 0 Å². The Morgan fingerprint density at radius 3 is 2.54 bits per heavy atom. The SMILES string of the molecule is CC[C@@]1(N)C[C@H]1c1ccc(F)cc1. The molecule has 1 aromatic carbocycles. The highest BCUT2D eigenvalue weighted by atomic mass is 19.1. The number of nitrogens with two attached hydrogens (primary N) is 1. The van der Waals surface area contributed by atoms with Crippen molar-refractivity contribution in [3.63, 3.8) is 0 Å². The molecule has 2 rings (SSSR count). The molecule has 0 unspecified atom stereocenters. The molecule has 0 aliphatic heterocycles. The molecular weight excluding hydrogens is 165 g/mol. The van der Waals surface area contributed by atoms with Crippen LogP contribution < -0.4 is 5.73 Å². The minimum atomic E-state index is -0.177. The van der Waals surface area contributed by atoms with Gasteiger partial charge in [0, 0.05) is 11.5 Å². The van der Waals surface area contributed by atoms with Gasteiger partial charge in [0.05, 0.1) is 0 Å². The molecule has 13 heavy (non-hydrogen) atoms. The Bertz CT molecular complexity index is 306. The standard InChI is InChI=1S/C11H14FN/c1-2-11(13)7-10(11)8-3-5-9(12)6-4-8/h3-6,10H,2,7,13H2,1H3/t10-,11+/m0/s1. The van der Waals surface area contributed by atoms with Gasteiger partial charge in [-0.1, -0.05) is 19.1 Å². The topological polar surface area (TPSA) is 26.0 Å². The number of hydrogen-bond donors (Lipinski definition) is 1. The maximum absolute atomic E-state index is 12.6. The Balaban J connectivity index is 2.16. The van der Waals surface area contributed by atoms with Crippen LogP contribution in [0, 0.1) is 5.82 Å². The summed E-state index contributed by atoms with van der Waals surface area (Å²) in [7, 11) is 0. The summed E-state index contributed by atoms with van der Waals surface area (Å²) >= 11 is 0. The highest BCUT2D eigenvalue weighted by molar-refractivity contribution is 5.32. The van der Waals surface area contributed by atoms with Crippen molar-refractivity contribution in [2.75, 3.05) is 0 Å². The second-order valence-electron chi connectivity index (χ2n) is 3.89. The van der Waals surface area contributed by atoms with Gasteiger partial charge in [-0.05, 0) is 30.5 Å². The van der Waals surface area contributed by atoms with Gasteiger partial charge in [0.1, 0.15) is 5.82 Å². The zero-order valence-electron chi connectivity index (χ0n) is 7.76. The first-order valence-corrected chi connectivity index (χ1v) is 4.70. The maximum atomic E-state index is 12.6. The fourth-order valence-corrected chi connectivity index (χ4v) is 1.86. The van der Waals surface area contributed by atoms with Crippen LogP contribution in [-0.2, 0) is 0 Å². The third-order valence-corrected chi connectivity index (χ3v) is 3.05.